The summed E-state index contributed by atoms with van der Waals surface area (Å²) in [5.74, 6) is 1.36. The quantitative estimate of drug-likeness (QED) is 0.865. The zero-order valence-corrected chi connectivity index (χ0v) is 10.7. The van der Waals surface area contributed by atoms with Crippen molar-refractivity contribution in [2.24, 2.45) is 5.92 Å². The molecule has 0 amide bonds. The Hall–Kier alpha value is -1.79. The molecule has 3 nitrogen and oxygen atoms in total. The topological polar surface area (TPSA) is 51.6 Å². The molecule has 0 radical (unpaired) electrons. The first-order valence-electron chi connectivity index (χ1n) is 6.43. The fourth-order valence-corrected chi connectivity index (χ4v) is 2.86. The minimum Gasteiger partial charge on any atom is -0.361 e. The van der Waals surface area contributed by atoms with Gasteiger partial charge in [-0.3, -0.25) is 0 Å². The van der Waals surface area contributed by atoms with Crippen LogP contribution < -0.4 is 5.32 Å². The van der Waals surface area contributed by atoms with Gasteiger partial charge in [-0.15, -0.1) is 0 Å². The molecule has 92 valence electrons. The van der Waals surface area contributed by atoms with E-state index in [1.165, 1.54) is 17.4 Å². The summed E-state index contributed by atoms with van der Waals surface area (Å²) in [7, 11) is 2.02. The van der Waals surface area contributed by atoms with Gasteiger partial charge in [-0.2, -0.15) is 5.26 Å². The first kappa shape index (κ1) is 11.3. The number of benzene rings is 1. The van der Waals surface area contributed by atoms with Gasteiger partial charge in [0.1, 0.15) is 0 Å². The molecule has 2 N–H and O–H groups in total. The van der Waals surface area contributed by atoms with Crippen molar-refractivity contribution >= 4 is 10.9 Å². The maximum absolute atomic E-state index is 8.99. The highest BCUT2D eigenvalue weighted by molar-refractivity contribution is 5.85. The van der Waals surface area contributed by atoms with Crippen LogP contribution in [0.2, 0.25) is 0 Å². The van der Waals surface area contributed by atoms with Crippen molar-refractivity contribution in [1.29, 1.82) is 5.26 Å². The molecule has 0 saturated heterocycles. The summed E-state index contributed by atoms with van der Waals surface area (Å²) in [5.41, 5.74) is 3.24. The van der Waals surface area contributed by atoms with Crippen LogP contribution in [-0.4, -0.2) is 18.1 Å². The number of hydrogen-bond donors (Lipinski definition) is 2. The molecule has 1 aliphatic rings. The van der Waals surface area contributed by atoms with E-state index in [1.54, 1.807) is 0 Å². The lowest BCUT2D eigenvalue weighted by Gasteiger charge is -2.08. The van der Waals surface area contributed by atoms with E-state index in [2.05, 4.69) is 29.5 Å². The number of aromatic nitrogens is 1. The molecule has 1 unspecified atom stereocenters. The number of nitrogens with zero attached hydrogens (tertiary/aromatic N) is 1. The predicted molar refractivity (Wildman–Crippen MR) is 72.4 cm³/mol. The van der Waals surface area contributed by atoms with Crippen LogP contribution in [0.4, 0.5) is 0 Å². The summed E-state index contributed by atoms with van der Waals surface area (Å²) in [4.78, 5) is 3.31. The second-order valence-electron chi connectivity index (χ2n) is 5.20. The van der Waals surface area contributed by atoms with Crippen molar-refractivity contribution in [3.8, 4) is 6.07 Å². The maximum atomic E-state index is 8.99. The molecule has 0 spiro atoms. The third kappa shape index (κ3) is 1.70. The van der Waals surface area contributed by atoms with E-state index in [1.807, 2.05) is 25.2 Å². The van der Waals surface area contributed by atoms with Crippen molar-refractivity contribution in [2.75, 3.05) is 7.05 Å². The lowest BCUT2D eigenvalue weighted by Crippen LogP contribution is -2.23. The van der Waals surface area contributed by atoms with Gasteiger partial charge in [0.25, 0.3) is 0 Å². The summed E-state index contributed by atoms with van der Waals surface area (Å²) < 4.78 is 0. The van der Waals surface area contributed by atoms with Gasteiger partial charge in [0.2, 0.25) is 0 Å². The Bertz CT molecular complexity index is 620. The molecule has 3 heteroatoms. The fourth-order valence-electron chi connectivity index (χ4n) is 2.86. The second-order valence-corrected chi connectivity index (χ2v) is 5.20. The number of hydrogen-bond acceptors (Lipinski definition) is 2. The Balaban J connectivity index is 1.97. The number of H-pyrrole nitrogens is 1. The first-order valence-corrected chi connectivity index (χ1v) is 6.43. The van der Waals surface area contributed by atoms with E-state index in [-0.39, 0.29) is 0 Å². The van der Waals surface area contributed by atoms with Crippen LogP contribution in [0.1, 0.15) is 30.4 Å². The van der Waals surface area contributed by atoms with E-state index in [0.29, 0.717) is 12.0 Å². The molecule has 1 heterocycles. The minimum atomic E-state index is 0.555. The van der Waals surface area contributed by atoms with Gasteiger partial charge in [-0.05, 0) is 56.0 Å². The second kappa shape index (κ2) is 4.15. The SMILES string of the molecule is CNC(C)[C@@H]1C[C@H]1c1c[nH]c2ccc(C#N)cc12. The number of aromatic amines is 1. The van der Waals surface area contributed by atoms with Gasteiger partial charge >= 0.3 is 0 Å². The lowest BCUT2D eigenvalue weighted by molar-refractivity contribution is 0.535. The Morgan fingerprint density at radius 1 is 1.50 bits per heavy atom. The molecule has 18 heavy (non-hydrogen) atoms. The molecule has 0 bridgehead atoms. The van der Waals surface area contributed by atoms with Gasteiger partial charge in [0.15, 0.2) is 0 Å². The number of rotatable bonds is 3. The van der Waals surface area contributed by atoms with Gasteiger partial charge in [-0.25, -0.2) is 0 Å². The number of nitriles is 1. The van der Waals surface area contributed by atoms with E-state index in [9.17, 15) is 0 Å². The minimum absolute atomic E-state index is 0.555. The van der Waals surface area contributed by atoms with Crippen LogP contribution >= 0.6 is 0 Å². The molecular weight excluding hydrogens is 222 g/mol. The normalized spacial score (nSPS) is 23.8. The van der Waals surface area contributed by atoms with E-state index < -0.39 is 0 Å². The highest BCUT2D eigenvalue weighted by Crippen LogP contribution is 2.51. The number of nitrogens with one attached hydrogen (secondary N) is 2. The third-order valence-corrected chi connectivity index (χ3v) is 4.18. The molecule has 2 aromatic rings. The monoisotopic (exact) mass is 239 g/mol. The number of fused-ring (bicyclic) bond motifs is 1. The van der Waals surface area contributed by atoms with Crippen molar-refractivity contribution in [3.05, 3.63) is 35.5 Å². The Morgan fingerprint density at radius 2 is 2.33 bits per heavy atom. The van der Waals surface area contributed by atoms with Crippen molar-refractivity contribution in [3.63, 3.8) is 0 Å². The Kier molecular flexibility index (Phi) is 2.61. The summed E-state index contributed by atoms with van der Waals surface area (Å²) >= 11 is 0. The summed E-state index contributed by atoms with van der Waals surface area (Å²) in [6.45, 7) is 2.24. The smallest absolute Gasteiger partial charge is 0.0991 e. The molecular formula is C15H17N3. The van der Waals surface area contributed by atoms with Crippen LogP contribution in [0.3, 0.4) is 0 Å². The van der Waals surface area contributed by atoms with E-state index in [4.69, 9.17) is 5.26 Å². The van der Waals surface area contributed by atoms with Crippen LogP contribution in [0, 0.1) is 17.2 Å². The molecule has 1 aromatic heterocycles. The standard InChI is InChI=1S/C15H17N3/c1-9(17-2)11-6-12(11)14-8-18-15-4-3-10(7-16)5-13(14)15/h3-5,8-9,11-12,17-18H,6H2,1-2H3/t9?,11-,12+/m0/s1. The van der Waals surface area contributed by atoms with Gasteiger partial charge in [0.05, 0.1) is 11.6 Å². The molecule has 3 atom stereocenters. The molecule has 1 fully saturated rings. The summed E-state index contributed by atoms with van der Waals surface area (Å²) in [6, 6.07) is 8.63. The average Bonchev–Trinajstić information content (AvgIpc) is 3.10. The largest absolute Gasteiger partial charge is 0.361 e. The third-order valence-electron chi connectivity index (χ3n) is 4.18. The first-order chi connectivity index (χ1) is 8.74. The summed E-state index contributed by atoms with van der Waals surface area (Å²) in [6.07, 6.45) is 3.35. The van der Waals surface area contributed by atoms with E-state index in [0.717, 1.165) is 17.0 Å². The van der Waals surface area contributed by atoms with Crippen molar-refractivity contribution in [1.82, 2.24) is 10.3 Å². The maximum Gasteiger partial charge on any atom is 0.0991 e. The van der Waals surface area contributed by atoms with E-state index >= 15 is 0 Å². The Morgan fingerprint density at radius 3 is 3.06 bits per heavy atom. The zero-order valence-electron chi connectivity index (χ0n) is 10.7. The van der Waals surface area contributed by atoms with Crippen LogP contribution in [-0.2, 0) is 0 Å². The van der Waals surface area contributed by atoms with Crippen molar-refractivity contribution < 1.29 is 0 Å². The zero-order chi connectivity index (χ0) is 12.7. The van der Waals surface area contributed by atoms with Crippen LogP contribution in [0.5, 0.6) is 0 Å². The molecule has 1 saturated carbocycles. The van der Waals surface area contributed by atoms with Gasteiger partial charge < -0.3 is 10.3 Å². The van der Waals surface area contributed by atoms with Crippen LogP contribution in [0.15, 0.2) is 24.4 Å². The highest BCUT2D eigenvalue weighted by atomic mass is 14.9. The fraction of sp³-hybridized carbons (Fsp3) is 0.400. The van der Waals surface area contributed by atoms with Crippen LogP contribution in [0.25, 0.3) is 10.9 Å². The Labute approximate surface area is 107 Å². The highest BCUT2D eigenvalue weighted by Gasteiger charge is 2.42. The molecule has 3 rings (SSSR count). The summed E-state index contributed by atoms with van der Waals surface area (Å²) in [5, 5.41) is 13.5. The molecule has 1 aliphatic carbocycles. The van der Waals surface area contributed by atoms with Gasteiger partial charge in [-0.1, -0.05) is 0 Å². The van der Waals surface area contributed by atoms with Gasteiger partial charge in [0, 0.05) is 23.1 Å². The predicted octanol–water partition coefficient (Wildman–Crippen LogP) is 2.75. The molecule has 0 aliphatic heterocycles. The lowest BCUT2D eigenvalue weighted by atomic mass is 10.0. The molecule has 1 aromatic carbocycles. The van der Waals surface area contributed by atoms with Crippen molar-refractivity contribution in [2.45, 2.75) is 25.3 Å². The average molecular weight is 239 g/mol.